The third-order valence-corrected chi connectivity index (χ3v) is 7.16. The van der Waals surface area contributed by atoms with E-state index in [2.05, 4.69) is 27.9 Å². The van der Waals surface area contributed by atoms with Gasteiger partial charge in [0, 0.05) is 55.6 Å². The van der Waals surface area contributed by atoms with Crippen molar-refractivity contribution >= 4 is 10.9 Å². The van der Waals surface area contributed by atoms with Crippen LogP contribution in [0.15, 0.2) is 84.8 Å². The highest BCUT2D eigenvalue weighted by molar-refractivity contribution is 5.91. The summed E-state index contributed by atoms with van der Waals surface area (Å²) >= 11 is 0. The molecule has 37 heavy (non-hydrogen) atoms. The van der Waals surface area contributed by atoms with Gasteiger partial charge in [0.15, 0.2) is 0 Å². The van der Waals surface area contributed by atoms with E-state index in [4.69, 9.17) is 4.98 Å². The van der Waals surface area contributed by atoms with Gasteiger partial charge in [-0.1, -0.05) is 42.5 Å². The Kier molecular flexibility index (Phi) is 6.18. The Balaban J connectivity index is 1.83. The van der Waals surface area contributed by atoms with Crippen LogP contribution in [0.5, 0.6) is 0 Å². The zero-order valence-electron chi connectivity index (χ0n) is 21.3. The number of rotatable bonds is 6. The fraction of sp³-hybridized carbons (Fsp3) is 0.267. The van der Waals surface area contributed by atoms with Gasteiger partial charge < -0.3 is 9.80 Å². The van der Waals surface area contributed by atoms with Crippen LogP contribution in [0.3, 0.4) is 0 Å². The molecule has 0 fully saturated rings. The molecule has 5 rings (SSSR count). The molecule has 0 amide bonds. The maximum atomic E-state index is 14.8. The number of allylic oxidation sites excluding steroid dienone is 1. The van der Waals surface area contributed by atoms with Gasteiger partial charge in [-0.3, -0.25) is 4.98 Å². The SMILES string of the molecule is CN1C=C(C(C)(c2ccc3nc(C(C)(F)F)c(-c4ccccc4)c(CF)c3c2)c2ccccn2)N(C)C1. The van der Waals surface area contributed by atoms with Crippen molar-refractivity contribution in [2.75, 3.05) is 20.8 Å². The number of alkyl halides is 3. The molecule has 1 aliphatic rings. The number of hydrogen-bond acceptors (Lipinski definition) is 4. The van der Waals surface area contributed by atoms with Crippen LogP contribution in [0, 0.1) is 0 Å². The second kappa shape index (κ2) is 9.21. The molecule has 0 saturated carbocycles. The second-order valence-corrected chi connectivity index (χ2v) is 9.88. The molecular formula is C30H29F3N4. The number of fused-ring (bicyclic) bond motifs is 1. The lowest BCUT2D eigenvalue weighted by Gasteiger charge is -2.35. The van der Waals surface area contributed by atoms with Crippen LogP contribution < -0.4 is 0 Å². The monoisotopic (exact) mass is 502 g/mol. The largest absolute Gasteiger partial charge is 0.361 e. The molecule has 0 spiro atoms. The van der Waals surface area contributed by atoms with E-state index < -0.39 is 23.7 Å². The Hall–Kier alpha value is -3.87. The number of halogens is 3. The topological polar surface area (TPSA) is 32.3 Å². The van der Waals surface area contributed by atoms with Gasteiger partial charge in [0.1, 0.15) is 12.4 Å². The summed E-state index contributed by atoms with van der Waals surface area (Å²) in [6.07, 6.45) is 3.84. The Labute approximate surface area is 215 Å². The first-order chi connectivity index (χ1) is 17.6. The summed E-state index contributed by atoms with van der Waals surface area (Å²) in [6, 6.07) is 20.0. The molecule has 0 radical (unpaired) electrons. The Bertz CT molecular complexity index is 1470. The smallest absolute Gasteiger partial charge is 0.287 e. The first-order valence-electron chi connectivity index (χ1n) is 12.2. The van der Waals surface area contributed by atoms with Crippen LogP contribution >= 0.6 is 0 Å². The van der Waals surface area contributed by atoms with Gasteiger partial charge >= 0.3 is 0 Å². The maximum Gasteiger partial charge on any atom is 0.287 e. The van der Waals surface area contributed by atoms with E-state index in [0.717, 1.165) is 30.5 Å². The van der Waals surface area contributed by atoms with E-state index in [1.807, 2.05) is 44.4 Å². The van der Waals surface area contributed by atoms with Gasteiger partial charge in [-0.25, -0.2) is 9.37 Å². The van der Waals surface area contributed by atoms with E-state index >= 15 is 0 Å². The molecule has 0 N–H and O–H groups in total. The minimum atomic E-state index is -3.24. The highest BCUT2D eigenvalue weighted by Gasteiger charge is 2.40. The molecule has 1 aliphatic heterocycles. The Morgan fingerprint density at radius 2 is 1.68 bits per heavy atom. The predicted octanol–water partition coefficient (Wildman–Crippen LogP) is 6.86. The van der Waals surface area contributed by atoms with E-state index in [1.165, 1.54) is 0 Å². The standard InChI is InChI=1S/C30H29F3N4/c1-29(25-12-8-9-15-34-25,26-18-36(3)19-37(26)4)21-13-14-24-22(16-21)23(17-31)27(20-10-6-5-7-11-20)28(35-24)30(2,32)33/h5-16,18H,17,19H2,1-4H3. The maximum absolute atomic E-state index is 14.8. The normalized spacial score (nSPS) is 15.7. The summed E-state index contributed by atoms with van der Waals surface area (Å²) in [5.41, 5.74) is 2.85. The number of aromatic nitrogens is 2. The van der Waals surface area contributed by atoms with Gasteiger partial charge in [-0.15, -0.1) is 0 Å². The van der Waals surface area contributed by atoms with Crippen LogP contribution in [0.1, 0.15) is 36.4 Å². The minimum absolute atomic E-state index is 0.150. The number of likely N-dealkylation sites (N-methyl/N-ethyl adjacent to an activating group) is 1. The molecule has 4 nitrogen and oxygen atoms in total. The minimum Gasteiger partial charge on any atom is -0.361 e. The van der Waals surface area contributed by atoms with Crippen LogP contribution in [0.25, 0.3) is 22.0 Å². The zero-order chi connectivity index (χ0) is 26.4. The van der Waals surface area contributed by atoms with Crippen molar-refractivity contribution in [2.45, 2.75) is 31.9 Å². The summed E-state index contributed by atoms with van der Waals surface area (Å²) in [4.78, 5) is 13.3. The molecule has 7 heteroatoms. The second-order valence-electron chi connectivity index (χ2n) is 9.88. The first-order valence-corrected chi connectivity index (χ1v) is 12.2. The third kappa shape index (κ3) is 4.22. The molecule has 1 atom stereocenters. The molecule has 4 aromatic rings. The van der Waals surface area contributed by atoms with Crippen molar-refractivity contribution in [3.8, 4) is 11.1 Å². The van der Waals surface area contributed by atoms with Crippen molar-refractivity contribution in [3.05, 3.63) is 107 Å². The average molecular weight is 503 g/mol. The van der Waals surface area contributed by atoms with Gasteiger partial charge in [-0.2, -0.15) is 8.78 Å². The lowest BCUT2D eigenvalue weighted by Crippen LogP contribution is -2.34. The van der Waals surface area contributed by atoms with Crippen molar-refractivity contribution in [1.29, 1.82) is 0 Å². The van der Waals surface area contributed by atoms with Gasteiger partial charge in [-0.05, 0) is 42.3 Å². The molecule has 2 aromatic heterocycles. The molecule has 1 unspecified atom stereocenters. The molecule has 190 valence electrons. The number of benzene rings is 2. The first kappa shape index (κ1) is 24.8. The van der Waals surface area contributed by atoms with E-state index in [1.54, 1.807) is 42.6 Å². The average Bonchev–Trinajstić information content (AvgIpc) is 3.25. The third-order valence-electron chi connectivity index (χ3n) is 7.16. The molecule has 0 bridgehead atoms. The van der Waals surface area contributed by atoms with Crippen LogP contribution in [0.4, 0.5) is 13.2 Å². The van der Waals surface area contributed by atoms with Crippen molar-refractivity contribution in [1.82, 2.24) is 19.8 Å². The van der Waals surface area contributed by atoms with Gasteiger partial charge in [0.25, 0.3) is 5.92 Å². The summed E-state index contributed by atoms with van der Waals surface area (Å²) in [5.74, 6) is -3.24. The van der Waals surface area contributed by atoms with Crippen LogP contribution in [-0.2, 0) is 18.0 Å². The number of pyridine rings is 2. The highest BCUT2D eigenvalue weighted by atomic mass is 19.3. The molecule has 0 saturated heterocycles. The quantitative estimate of drug-likeness (QED) is 0.288. The van der Waals surface area contributed by atoms with Crippen LogP contribution in [0.2, 0.25) is 0 Å². The van der Waals surface area contributed by atoms with Crippen LogP contribution in [-0.4, -0.2) is 40.5 Å². The number of hydrogen-bond donors (Lipinski definition) is 0. The summed E-state index contributed by atoms with van der Waals surface area (Å²) in [6.45, 7) is 2.71. The highest BCUT2D eigenvalue weighted by Crippen LogP contribution is 2.44. The van der Waals surface area contributed by atoms with E-state index in [0.29, 0.717) is 16.5 Å². The lowest BCUT2D eigenvalue weighted by molar-refractivity contribution is 0.0137. The fourth-order valence-electron chi connectivity index (χ4n) is 5.37. The van der Waals surface area contributed by atoms with Crippen molar-refractivity contribution in [2.24, 2.45) is 0 Å². The zero-order valence-corrected chi connectivity index (χ0v) is 21.3. The summed E-state index contributed by atoms with van der Waals surface area (Å²) in [5, 5.41) is 0.517. The molecule has 0 aliphatic carbocycles. The van der Waals surface area contributed by atoms with Gasteiger partial charge in [0.2, 0.25) is 0 Å². The molecular weight excluding hydrogens is 473 g/mol. The van der Waals surface area contributed by atoms with Gasteiger partial charge in [0.05, 0.1) is 23.3 Å². The van der Waals surface area contributed by atoms with E-state index in [9.17, 15) is 13.2 Å². The summed E-state index contributed by atoms with van der Waals surface area (Å²) < 4.78 is 44.4. The van der Waals surface area contributed by atoms with E-state index in [-0.39, 0.29) is 11.1 Å². The molecule has 3 heterocycles. The lowest BCUT2D eigenvalue weighted by atomic mass is 9.75. The Morgan fingerprint density at radius 3 is 2.27 bits per heavy atom. The summed E-state index contributed by atoms with van der Waals surface area (Å²) in [7, 11) is 4.03. The fourth-order valence-corrected chi connectivity index (χ4v) is 5.37. The van der Waals surface area contributed by atoms with Crippen molar-refractivity contribution in [3.63, 3.8) is 0 Å². The predicted molar refractivity (Wildman–Crippen MR) is 141 cm³/mol. The molecule has 2 aromatic carbocycles. The van der Waals surface area contributed by atoms with Crippen molar-refractivity contribution < 1.29 is 13.2 Å². The Morgan fingerprint density at radius 1 is 0.946 bits per heavy atom. The number of nitrogens with zero attached hydrogens (tertiary/aromatic N) is 4.